The predicted octanol–water partition coefficient (Wildman–Crippen LogP) is 8.57. The van der Waals surface area contributed by atoms with Crippen molar-refractivity contribution >= 4 is 46.1 Å². The summed E-state index contributed by atoms with van der Waals surface area (Å²) in [5.41, 5.74) is 8.55. The first kappa shape index (κ1) is 39.4. The molecule has 0 saturated heterocycles. The van der Waals surface area contributed by atoms with Crippen LogP contribution in [0.2, 0.25) is 0 Å². The summed E-state index contributed by atoms with van der Waals surface area (Å²) in [5.74, 6) is 2.01. The Labute approximate surface area is 340 Å². The third-order valence-corrected chi connectivity index (χ3v) is 16.8. The molecule has 298 valence electrons. The molecular weight excluding hydrogens is 766 g/mol. The van der Waals surface area contributed by atoms with E-state index in [1.165, 1.54) is 0 Å². The maximum absolute atomic E-state index is 17.1. The average Bonchev–Trinajstić information content (AvgIpc) is 3.86. The number of fused-ring (bicyclic) bond motifs is 2. The van der Waals surface area contributed by atoms with Crippen LogP contribution in [0.25, 0.3) is 11.1 Å². The van der Waals surface area contributed by atoms with E-state index in [0.29, 0.717) is 77.5 Å². The second-order valence-corrected chi connectivity index (χ2v) is 21.1. The molecule has 8 nitrogen and oxygen atoms in total. The normalized spacial score (nSPS) is 13.2. The van der Waals surface area contributed by atoms with Gasteiger partial charge >= 0.3 is 0 Å². The van der Waals surface area contributed by atoms with Crippen molar-refractivity contribution in [2.45, 2.75) is 55.4 Å². The summed E-state index contributed by atoms with van der Waals surface area (Å²) in [4.78, 5) is 0. The molecule has 0 spiro atoms. The van der Waals surface area contributed by atoms with Crippen LogP contribution < -0.4 is 60.2 Å². The summed E-state index contributed by atoms with van der Waals surface area (Å²) >= 11 is 0. The van der Waals surface area contributed by atoms with E-state index in [9.17, 15) is 0 Å². The molecule has 0 unspecified atom stereocenters. The van der Waals surface area contributed by atoms with Crippen LogP contribution >= 0.6 is 14.3 Å². The lowest BCUT2D eigenvalue weighted by Crippen LogP contribution is -2.31. The van der Waals surface area contributed by atoms with E-state index >= 15 is 9.13 Å². The number of ether oxygens (including phenoxy) is 6. The van der Waals surface area contributed by atoms with E-state index < -0.39 is 14.3 Å². The highest BCUT2D eigenvalue weighted by atomic mass is 31.2. The first-order valence-electron chi connectivity index (χ1n) is 19.2. The van der Waals surface area contributed by atoms with Crippen LogP contribution in [0.1, 0.15) is 44.5 Å². The number of methoxy groups -OCH3 is 2. The van der Waals surface area contributed by atoms with Crippen LogP contribution in [-0.4, -0.2) is 27.8 Å². The predicted molar refractivity (Wildman–Crippen MR) is 234 cm³/mol. The Hall–Kier alpha value is -5.42. The molecule has 0 fully saturated rings. The number of hydrogen-bond acceptors (Lipinski definition) is 8. The van der Waals surface area contributed by atoms with Crippen LogP contribution in [0.4, 0.5) is 0 Å². The molecule has 0 radical (unpaired) electrons. The fourth-order valence-electron chi connectivity index (χ4n) is 8.72. The largest absolute Gasteiger partial charge is 0.493 e. The van der Waals surface area contributed by atoms with Crippen LogP contribution in [0.5, 0.6) is 34.5 Å². The van der Waals surface area contributed by atoms with Gasteiger partial charge in [-0.05, 0) is 116 Å². The van der Waals surface area contributed by atoms with Gasteiger partial charge in [0.1, 0.15) is 0 Å². The molecule has 6 aromatic carbocycles. The Bertz CT molecular complexity index is 2390. The van der Waals surface area contributed by atoms with Crippen LogP contribution in [0.15, 0.2) is 84.9 Å². The summed E-state index contributed by atoms with van der Waals surface area (Å²) in [6.07, 6.45) is 0. The van der Waals surface area contributed by atoms with E-state index in [0.717, 1.165) is 44.5 Å². The molecule has 2 aliphatic rings. The van der Waals surface area contributed by atoms with Crippen LogP contribution in [0.3, 0.4) is 0 Å². The second-order valence-electron chi connectivity index (χ2n) is 15.7. The summed E-state index contributed by atoms with van der Waals surface area (Å²) in [5, 5.41) is 3.36. The zero-order chi connectivity index (χ0) is 41.3. The minimum Gasteiger partial charge on any atom is -0.493 e. The molecule has 0 amide bonds. The Balaban J connectivity index is 1.62. The molecule has 0 saturated carbocycles. The van der Waals surface area contributed by atoms with Crippen LogP contribution in [0, 0.1) is 55.4 Å². The molecule has 0 bridgehead atoms. The average molecular weight is 815 g/mol. The second kappa shape index (κ2) is 14.8. The van der Waals surface area contributed by atoms with Gasteiger partial charge in [0.25, 0.3) is 0 Å². The maximum Gasteiger partial charge on any atom is 0.231 e. The third-order valence-electron chi connectivity index (χ3n) is 10.8. The van der Waals surface area contributed by atoms with E-state index in [-0.39, 0.29) is 13.6 Å². The molecule has 0 aromatic heterocycles. The number of benzene rings is 6. The van der Waals surface area contributed by atoms with Crippen molar-refractivity contribution in [3.8, 4) is 45.6 Å². The highest BCUT2D eigenvalue weighted by Gasteiger charge is 2.45. The molecule has 0 atom stereocenters. The molecular formula is C48H48O8P2. The highest BCUT2D eigenvalue weighted by Crippen LogP contribution is 2.60. The van der Waals surface area contributed by atoms with Gasteiger partial charge in [-0.15, -0.1) is 0 Å². The summed E-state index contributed by atoms with van der Waals surface area (Å²) < 4.78 is 71.4. The van der Waals surface area contributed by atoms with E-state index in [1.54, 1.807) is 26.4 Å². The fourth-order valence-corrected chi connectivity index (χ4v) is 15.2. The molecule has 6 aromatic rings. The van der Waals surface area contributed by atoms with Crippen molar-refractivity contribution in [3.05, 3.63) is 129 Å². The molecule has 0 N–H and O–H groups in total. The van der Waals surface area contributed by atoms with Crippen molar-refractivity contribution in [2.24, 2.45) is 0 Å². The summed E-state index contributed by atoms with van der Waals surface area (Å²) in [6, 6.07) is 27.8. The SMILES string of the molecule is COc1cc(P(=O)(c2cc(C)cc(C)c2)c2cc(C)cc(C)c2)c(-c2c(P(=O)(c3cc(C)cc(C)c3)c3cc(C)cc(C)c3)cc(OC)c3c2OCO3)c2c1OCO2. The van der Waals surface area contributed by atoms with Crippen molar-refractivity contribution in [1.29, 1.82) is 0 Å². The van der Waals surface area contributed by atoms with Crippen molar-refractivity contribution in [2.75, 3.05) is 27.8 Å². The standard InChI is InChI=1S/C48H48O8P2/c1-27-11-28(2)16-35(15-27)57(49,36-17-29(3)12-30(4)18-36)41-23-39(51-9)45-47(55-25-53-45)43(41)44-42(24-40(52-10)46-48(44)56-26-54-46)58(50,37-19-31(5)13-32(6)20-37)38-21-33(7)14-34(8)22-38/h11-24H,25-26H2,1-10H3. The molecule has 2 aliphatic heterocycles. The van der Waals surface area contributed by atoms with Gasteiger partial charge in [-0.2, -0.15) is 0 Å². The Morgan fingerprint density at radius 3 is 0.862 bits per heavy atom. The first-order valence-corrected chi connectivity index (χ1v) is 22.6. The number of rotatable bonds is 9. The zero-order valence-electron chi connectivity index (χ0n) is 34.7. The minimum absolute atomic E-state index is 0.115. The van der Waals surface area contributed by atoms with Gasteiger partial charge in [-0.25, -0.2) is 0 Å². The van der Waals surface area contributed by atoms with Gasteiger partial charge in [-0.1, -0.05) is 68.8 Å². The quantitative estimate of drug-likeness (QED) is 0.134. The lowest BCUT2D eigenvalue weighted by atomic mass is 10.0. The van der Waals surface area contributed by atoms with Gasteiger partial charge < -0.3 is 37.6 Å². The Kier molecular flexibility index (Phi) is 10.0. The Morgan fingerprint density at radius 2 is 0.621 bits per heavy atom. The van der Waals surface area contributed by atoms with Crippen molar-refractivity contribution in [3.63, 3.8) is 0 Å². The number of aryl methyl sites for hydroxylation is 8. The fraction of sp³-hybridized carbons (Fsp3) is 0.250. The van der Waals surface area contributed by atoms with E-state index in [4.69, 9.17) is 28.4 Å². The lowest BCUT2D eigenvalue weighted by molar-refractivity contribution is 0.170. The highest BCUT2D eigenvalue weighted by molar-refractivity contribution is 7.86. The van der Waals surface area contributed by atoms with Gasteiger partial charge in [0, 0.05) is 43.0 Å². The van der Waals surface area contributed by atoms with Gasteiger partial charge in [-0.3, -0.25) is 0 Å². The third kappa shape index (κ3) is 6.47. The van der Waals surface area contributed by atoms with Gasteiger partial charge in [0.15, 0.2) is 37.3 Å². The summed E-state index contributed by atoms with van der Waals surface area (Å²) in [7, 11) is -4.65. The van der Waals surface area contributed by atoms with Crippen molar-refractivity contribution in [1.82, 2.24) is 0 Å². The molecule has 8 rings (SSSR count). The lowest BCUT2D eigenvalue weighted by Gasteiger charge is -2.29. The van der Waals surface area contributed by atoms with E-state index in [2.05, 4.69) is 24.3 Å². The molecule has 2 heterocycles. The monoisotopic (exact) mass is 814 g/mol. The maximum atomic E-state index is 17.1. The Morgan fingerprint density at radius 1 is 0.379 bits per heavy atom. The topological polar surface area (TPSA) is 89.5 Å². The molecule has 10 heteroatoms. The number of hydrogen-bond donors (Lipinski definition) is 0. The first-order chi connectivity index (χ1) is 27.6. The molecule has 0 aliphatic carbocycles. The van der Waals surface area contributed by atoms with Gasteiger partial charge in [0.05, 0.1) is 14.2 Å². The van der Waals surface area contributed by atoms with Crippen LogP contribution in [-0.2, 0) is 9.13 Å². The van der Waals surface area contributed by atoms with E-state index in [1.807, 2.05) is 104 Å². The molecule has 58 heavy (non-hydrogen) atoms. The van der Waals surface area contributed by atoms with Gasteiger partial charge in [0.2, 0.25) is 25.1 Å². The smallest absolute Gasteiger partial charge is 0.231 e. The summed E-state index contributed by atoms with van der Waals surface area (Å²) in [6.45, 7) is 15.8. The minimum atomic E-state index is -3.88. The van der Waals surface area contributed by atoms with Crippen molar-refractivity contribution < 1.29 is 37.6 Å². The zero-order valence-corrected chi connectivity index (χ0v) is 36.4.